The van der Waals surface area contributed by atoms with Crippen LogP contribution in [0.4, 0.5) is 0 Å². The van der Waals surface area contributed by atoms with Gasteiger partial charge < -0.3 is 16.0 Å². The van der Waals surface area contributed by atoms with Gasteiger partial charge in [-0.15, -0.1) is 0 Å². The molecule has 1 aromatic rings. The number of nitriles is 1. The largest absolute Gasteiger partial charge is 0.354 e. The number of nitrogens with one attached hydrogen (secondary N) is 1. The molecule has 3 rings (SSSR count). The Hall–Kier alpha value is -2.43. The van der Waals surface area contributed by atoms with Gasteiger partial charge in [0.2, 0.25) is 11.8 Å². The minimum Gasteiger partial charge on any atom is -0.354 e. The normalized spacial score (nSPS) is 24.9. The summed E-state index contributed by atoms with van der Waals surface area (Å²) in [5, 5.41) is 12.3. The second-order valence-corrected chi connectivity index (χ2v) is 10.9. The molecule has 0 aromatic heterocycles. The SMILES string of the molecule is CC(=O)N1CCC(N(Cc2ccc(C#N)cc2)CC(C)C)C[C@@H]1C(=O)NCC1CCCC(CN)C1. The van der Waals surface area contributed by atoms with Gasteiger partial charge in [-0.1, -0.05) is 32.4 Å². The van der Waals surface area contributed by atoms with E-state index in [0.717, 1.165) is 44.5 Å². The average Bonchev–Trinajstić information content (AvgIpc) is 2.86. The van der Waals surface area contributed by atoms with Gasteiger partial charge in [0.25, 0.3) is 0 Å². The van der Waals surface area contributed by atoms with Crippen molar-refractivity contribution in [2.75, 3.05) is 26.2 Å². The van der Waals surface area contributed by atoms with Crippen LogP contribution >= 0.6 is 0 Å². The van der Waals surface area contributed by atoms with Gasteiger partial charge in [-0.05, 0) is 74.1 Å². The van der Waals surface area contributed by atoms with E-state index in [1.54, 1.807) is 11.8 Å². The summed E-state index contributed by atoms with van der Waals surface area (Å²) in [5.74, 6) is 1.45. The van der Waals surface area contributed by atoms with Crippen LogP contribution in [0.5, 0.6) is 0 Å². The topological polar surface area (TPSA) is 102 Å². The number of nitrogens with zero attached hydrogens (tertiary/aromatic N) is 3. The fourth-order valence-corrected chi connectivity index (χ4v) is 5.80. The van der Waals surface area contributed by atoms with Crippen LogP contribution in [0, 0.1) is 29.1 Å². The maximum atomic E-state index is 13.3. The number of rotatable bonds is 9. The first-order valence-electron chi connectivity index (χ1n) is 13.3. The number of hydrogen-bond acceptors (Lipinski definition) is 5. The van der Waals surface area contributed by atoms with Crippen molar-refractivity contribution in [2.24, 2.45) is 23.5 Å². The van der Waals surface area contributed by atoms with Gasteiger partial charge in [0, 0.05) is 39.1 Å². The molecule has 1 aliphatic heterocycles. The Balaban J connectivity index is 1.68. The highest BCUT2D eigenvalue weighted by Gasteiger charge is 2.37. The summed E-state index contributed by atoms with van der Waals surface area (Å²) in [6, 6.07) is 9.71. The Morgan fingerprint density at radius 1 is 1.17 bits per heavy atom. The Bertz CT molecular complexity index is 878. The molecule has 35 heavy (non-hydrogen) atoms. The molecule has 0 bridgehead atoms. The van der Waals surface area contributed by atoms with Crippen LogP contribution in [0.2, 0.25) is 0 Å². The third kappa shape index (κ3) is 7.78. The average molecular weight is 482 g/mol. The van der Waals surface area contributed by atoms with E-state index in [1.807, 2.05) is 24.3 Å². The molecule has 2 amide bonds. The van der Waals surface area contributed by atoms with Crippen LogP contribution in [0.25, 0.3) is 0 Å². The third-order valence-corrected chi connectivity index (χ3v) is 7.66. The van der Waals surface area contributed by atoms with E-state index in [9.17, 15) is 9.59 Å². The standard InChI is InChI=1S/C28H43N5O2/c1-20(2)18-32(19-23-9-7-22(15-29)8-10-23)26-11-12-33(21(3)34)27(14-26)28(35)31-17-25-6-4-5-24(13-25)16-30/h7-10,20,24-27H,4-6,11-14,16-19,30H2,1-3H3,(H,31,35)/t24?,25?,26?,27-/m1/s1. The molecule has 4 atom stereocenters. The highest BCUT2D eigenvalue weighted by atomic mass is 16.2. The first-order chi connectivity index (χ1) is 16.8. The van der Waals surface area contributed by atoms with Crippen LogP contribution < -0.4 is 11.1 Å². The smallest absolute Gasteiger partial charge is 0.242 e. The van der Waals surface area contributed by atoms with E-state index >= 15 is 0 Å². The summed E-state index contributed by atoms with van der Waals surface area (Å²) < 4.78 is 0. The molecule has 2 fully saturated rings. The second kappa shape index (κ2) is 13.0. The van der Waals surface area contributed by atoms with Crippen LogP contribution in [0.3, 0.4) is 0 Å². The van der Waals surface area contributed by atoms with Crippen molar-refractivity contribution in [3.05, 3.63) is 35.4 Å². The van der Waals surface area contributed by atoms with Crippen molar-refractivity contribution >= 4 is 11.8 Å². The quantitative estimate of drug-likeness (QED) is 0.564. The molecule has 1 heterocycles. The number of benzene rings is 1. The van der Waals surface area contributed by atoms with Gasteiger partial charge in [0.1, 0.15) is 6.04 Å². The highest BCUT2D eigenvalue weighted by molar-refractivity contribution is 5.87. The lowest BCUT2D eigenvalue weighted by Crippen LogP contribution is -2.57. The Labute approximate surface area is 211 Å². The molecule has 3 N–H and O–H groups in total. The summed E-state index contributed by atoms with van der Waals surface area (Å²) in [5.41, 5.74) is 7.70. The molecule has 0 radical (unpaired) electrons. The number of piperidine rings is 1. The molecule has 0 spiro atoms. The van der Waals surface area contributed by atoms with Crippen LogP contribution in [0.1, 0.15) is 70.4 Å². The summed E-state index contributed by atoms with van der Waals surface area (Å²) in [7, 11) is 0. The molecule has 1 saturated heterocycles. The first-order valence-corrected chi connectivity index (χ1v) is 13.3. The third-order valence-electron chi connectivity index (χ3n) is 7.66. The van der Waals surface area contributed by atoms with E-state index in [1.165, 1.54) is 12.8 Å². The van der Waals surface area contributed by atoms with E-state index in [0.29, 0.717) is 42.8 Å². The fraction of sp³-hybridized carbons (Fsp3) is 0.679. The Morgan fingerprint density at radius 2 is 1.89 bits per heavy atom. The lowest BCUT2D eigenvalue weighted by molar-refractivity contribution is -0.142. The van der Waals surface area contributed by atoms with Crippen LogP contribution in [0.15, 0.2) is 24.3 Å². The van der Waals surface area contributed by atoms with Crippen molar-refractivity contribution < 1.29 is 9.59 Å². The van der Waals surface area contributed by atoms with E-state index in [-0.39, 0.29) is 17.9 Å². The molecular weight excluding hydrogens is 438 g/mol. The molecule has 7 nitrogen and oxygen atoms in total. The number of likely N-dealkylation sites (tertiary alicyclic amines) is 1. The fourth-order valence-electron chi connectivity index (χ4n) is 5.80. The molecular formula is C28H43N5O2. The second-order valence-electron chi connectivity index (χ2n) is 10.9. The lowest BCUT2D eigenvalue weighted by Gasteiger charge is -2.43. The zero-order chi connectivity index (χ0) is 25.4. The number of amides is 2. The summed E-state index contributed by atoms with van der Waals surface area (Å²) >= 11 is 0. The van der Waals surface area contributed by atoms with Crippen LogP contribution in [-0.2, 0) is 16.1 Å². The predicted molar refractivity (Wildman–Crippen MR) is 138 cm³/mol. The Morgan fingerprint density at radius 3 is 2.51 bits per heavy atom. The summed E-state index contributed by atoms with van der Waals surface area (Å²) in [6.07, 6.45) is 6.07. The van der Waals surface area contributed by atoms with Gasteiger partial charge in [0.15, 0.2) is 0 Å². The van der Waals surface area contributed by atoms with Crippen molar-refractivity contribution in [3.63, 3.8) is 0 Å². The van der Waals surface area contributed by atoms with Crippen molar-refractivity contribution in [2.45, 2.75) is 77.9 Å². The number of carbonyl (C=O) groups excluding carboxylic acids is 2. The van der Waals surface area contributed by atoms with Crippen LogP contribution in [-0.4, -0.2) is 59.9 Å². The van der Waals surface area contributed by atoms with E-state index < -0.39 is 6.04 Å². The molecule has 1 saturated carbocycles. The molecule has 2 aliphatic rings. The van der Waals surface area contributed by atoms with Crippen molar-refractivity contribution in [3.8, 4) is 6.07 Å². The molecule has 192 valence electrons. The zero-order valence-electron chi connectivity index (χ0n) is 21.7. The maximum Gasteiger partial charge on any atom is 0.242 e. The highest BCUT2D eigenvalue weighted by Crippen LogP contribution is 2.29. The zero-order valence-corrected chi connectivity index (χ0v) is 21.7. The first kappa shape index (κ1) is 27.2. The number of hydrogen-bond donors (Lipinski definition) is 2. The molecule has 1 aliphatic carbocycles. The van der Waals surface area contributed by atoms with Gasteiger partial charge in [-0.2, -0.15) is 5.26 Å². The number of carbonyl (C=O) groups is 2. The summed E-state index contributed by atoms with van der Waals surface area (Å²) in [4.78, 5) is 30.0. The summed E-state index contributed by atoms with van der Waals surface area (Å²) in [6.45, 7) is 9.65. The van der Waals surface area contributed by atoms with Gasteiger partial charge in [-0.25, -0.2) is 0 Å². The van der Waals surface area contributed by atoms with Gasteiger partial charge in [0.05, 0.1) is 11.6 Å². The van der Waals surface area contributed by atoms with E-state index in [4.69, 9.17) is 11.0 Å². The molecule has 7 heteroatoms. The molecule has 3 unspecified atom stereocenters. The lowest BCUT2D eigenvalue weighted by atomic mass is 9.81. The van der Waals surface area contributed by atoms with Crippen molar-refractivity contribution in [1.29, 1.82) is 5.26 Å². The van der Waals surface area contributed by atoms with Gasteiger partial charge in [-0.3, -0.25) is 14.5 Å². The maximum absolute atomic E-state index is 13.3. The van der Waals surface area contributed by atoms with Crippen molar-refractivity contribution in [1.82, 2.24) is 15.1 Å². The van der Waals surface area contributed by atoms with E-state index in [2.05, 4.69) is 30.1 Å². The Kier molecular flexibility index (Phi) is 10.1. The predicted octanol–water partition coefficient (Wildman–Crippen LogP) is 3.28. The number of nitrogens with two attached hydrogens (primary N) is 1. The van der Waals surface area contributed by atoms with Gasteiger partial charge >= 0.3 is 0 Å². The monoisotopic (exact) mass is 481 g/mol. The minimum atomic E-state index is -0.434. The minimum absolute atomic E-state index is 0.0253. The molecule has 1 aromatic carbocycles.